The topological polar surface area (TPSA) is 72.1 Å². The van der Waals surface area contributed by atoms with Crippen molar-refractivity contribution in [3.63, 3.8) is 0 Å². The molecule has 2 N–H and O–H groups in total. The average Bonchev–Trinajstić information content (AvgIpc) is 2.48. The Hall–Kier alpha value is -2.50. The molecule has 2 heterocycles. The zero-order chi connectivity index (χ0) is 14.5. The van der Waals surface area contributed by atoms with Gasteiger partial charge in [0.1, 0.15) is 0 Å². The molecular formula is C14H15FN4O. The standard InChI is InChI=1S/C14H15FN4O/c1-2-19(9-10-3-6-17-7-4-10)14(20)11-5-8-18-13(16)12(11)15/h3-8H,2,9H2,1H3,(H2,16,18). The molecule has 0 radical (unpaired) electrons. The van der Waals surface area contributed by atoms with E-state index in [2.05, 4.69) is 9.97 Å². The predicted molar refractivity (Wildman–Crippen MR) is 73.3 cm³/mol. The van der Waals surface area contributed by atoms with Gasteiger partial charge < -0.3 is 10.6 Å². The van der Waals surface area contributed by atoms with E-state index in [0.717, 1.165) is 5.56 Å². The minimum atomic E-state index is -0.773. The van der Waals surface area contributed by atoms with Gasteiger partial charge in [0.25, 0.3) is 5.91 Å². The highest BCUT2D eigenvalue weighted by Crippen LogP contribution is 2.15. The van der Waals surface area contributed by atoms with Crippen LogP contribution in [0.2, 0.25) is 0 Å². The fourth-order valence-electron chi connectivity index (χ4n) is 1.83. The molecule has 0 saturated heterocycles. The van der Waals surface area contributed by atoms with E-state index in [-0.39, 0.29) is 11.4 Å². The summed E-state index contributed by atoms with van der Waals surface area (Å²) in [6, 6.07) is 4.96. The second-order valence-electron chi connectivity index (χ2n) is 4.23. The number of carbonyl (C=O) groups is 1. The van der Waals surface area contributed by atoms with Crippen LogP contribution in [0.5, 0.6) is 0 Å². The SMILES string of the molecule is CCN(Cc1ccncc1)C(=O)c1ccnc(N)c1F. The Morgan fingerprint density at radius 2 is 2.00 bits per heavy atom. The van der Waals surface area contributed by atoms with Crippen LogP contribution in [0.4, 0.5) is 10.2 Å². The Morgan fingerprint density at radius 3 is 2.65 bits per heavy atom. The van der Waals surface area contributed by atoms with Crippen molar-refractivity contribution in [2.75, 3.05) is 12.3 Å². The van der Waals surface area contributed by atoms with Crippen LogP contribution >= 0.6 is 0 Å². The first-order valence-corrected chi connectivity index (χ1v) is 6.21. The summed E-state index contributed by atoms with van der Waals surface area (Å²) in [4.78, 5) is 21.4. The van der Waals surface area contributed by atoms with Gasteiger partial charge in [0.05, 0.1) is 5.56 Å². The van der Waals surface area contributed by atoms with Gasteiger partial charge >= 0.3 is 0 Å². The van der Waals surface area contributed by atoms with Crippen LogP contribution in [0, 0.1) is 5.82 Å². The molecule has 0 aromatic carbocycles. The van der Waals surface area contributed by atoms with Crippen LogP contribution in [-0.4, -0.2) is 27.3 Å². The summed E-state index contributed by atoms with van der Waals surface area (Å²) in [6.45, 7) is 2.68. The Kier molecular flexibility index (Phi) is 4.24. The smallest absolute Gasteiger partial charge is 0.257 e. The molecule has 0 saturated carbocycles. The predicted octanol–water partition coefficient (Wildman–Crippen LogP) is 1.86. The maximum absolute atomic E-state index is 13.8. The van der Waals surface area contributed by atoms with E-state index in [1.165, 1.54) is 17.2 Å². The summed E-state index contributed by atoms with van der Waals surface area (Å²) < 4.78 is 13.8. The monoisotopic (exact) mass is 274 g/mol. The largest absolute Gasteiger partial charge is 0.381 e. The van der Waals surface area contributed by atoms with E-state index in [9.17, 15) is 9.18 Å². The molecule has 5 nitrogen and oxygen atoms in total. The first kappa shape index (κ1) is 13.9. The molecule has 0 bridgehead atoms. The van der Waals surface area contributed by atoms with Crippen LogP contribution in [0.15, 0.2) is 36.8 Å². The number of carbonyl (C=O) groups excluding carboxylic acids is 1. The maximum Gasteiger partial charge on any atom is 0.257 e. The van der Waals surface area contributed by atoms with Crippen LogP contribution in [-0.2, 0) is 6.54 Å². The fourth-order valence-corrected chi connectivity index (χ4v) is 1.83. The van der Waals surface area contributed by atoms with E-state index in [1.54, 1.807) is 12.4 Å². The number of nitrogens with zero attached hydrogens (tertiary/aromatic N) is 3. The molecule has 104 valence electrons. The van der Waals surface area contributed by atoms with Crippen LogP contribution in [0.1, 0.15) is 22.8 Å². The van der Waals surface area contributed by atoms with Gasteiger partial charge in [0.15, 0.2) is 11.6 Å². The minimum Gasteiger partial charge on any atom is -0.381 e. The molecular weight excluding hydrogens is 259 g/mol. The minimum absolute atomic E-state index is 0.0617. The van der Waals surface area contributed by atoms with Gasteiger partial charge in [-0.15, -0.1) is 0 Å². The average molecular weight is 274 g/mol. The number of halogens is 1. The molecule has 2 rings (SSSR count). The summed E-state index contributed by atoms with van der Waals surface area (Å²) >= 11 is 0. The van der Waals surface area contributed by atoms with Crippen molar-refractivity contribution in [2.45, 2.75) is 13.5 Å². The van der Waals surface area contributed by atoms with Crippen molar-refractivity contribution >= 4 is 11.7 Å². The van der Waals surface area contributed by atoms with Gasteiger partial charge in [-0.2, -0.15) is 0 Å². The molecule has 0 unspecified atom stereocenters. The van der Waals surface area contributed by atoms with Crippen molar-refractivity contribution in [2.24, 2.45) is 0 Å². The summed E-state index contributed by atoms with van der Waals surface area (Å²) in [6.07, 6.45) is 4.63. The van der Waals surface area contributed by atoms with Crippen LogP contribution in [0.25, 0.3) is 0 Å². The normalized spacial score (nSPS) is 10.3. The number of nitrogens with two attached hydrogens (primary N) is 1. The summed E-state index contributed by atoms with van der Waals surface area (Å²) in [7, 11) is 0. The van der Waals surface area contributed by atoms with Crippen LogP contribution in [0.3, 0.4) is 0 Å². The molecule has 0 atom stereocenters. The van der Waals surface area contributed by atoms with Crippen molar-refractivity contribution in [3.8, 4) is 0 Å². The molecule has 0 aliphatic rings. The summed E-state index contributed by atoms with van der Waals surface area (Å²) in [5, 5.41) is 0. The van der Waals surface area contributed by atoms with Crippen molar-refractivity contribution in [3.05, 3.63) is 53.7 Å². The number of rotatable bonds is 4. The van der Waals surface area contributed by atoms with Crippen molar-refractivity contribution in [1.82, 2.24) is 14.9 Å². The molecule has 0 aliphatic heterocycles. The quantitative estimate of drug-likeness (QED) is 0.923. The van der Waals surface area contributed by atoms with Crippen molar-refractivity contribution in [1.29, 1.82) is 0 Å². The third kappa shape index (κ3) is 2.90. The van der Waals surface area contributed by atoms with Gasteiger partial charge in [-0.25, -0.2) is 9.37 Å². The Labute approximate surface area is 116 Å². The first-order valence-electron chi connectivity index (χ1n) is 6.21. The molecule has 0 spiro atoms. The fraction of sp³-hybridized carbons (Fsp3) is 0.214. The molecule has 6 heteroatoms. The molecule has 2 aromatic heterocycles. The zero-order valence-corrected chi connectivity index (χ0v) is 11.1. The van der Waals surface area contributed by atoms with Gasteiger partial charge in [0.2, 0.25) is 0 Å². The highest BCUT2D eigenvalue weighted by atomic mass is 19.1. The summed E-state index contributed by atoms with van der Waals surface area (Å²) in [5.74, 6) is -1.45. The number of aromatic nitrogens is 2. The lowest BCUT2D eigenvalue weighted by Gasteiger charge is -2.21. The van der Waals surface area contributed by atoms with Gasteiger partial charge in [0, 0.05) is 31.7 Å². The van der Waals surface area contributed by atoms with E-state index < -0.39 is 11.7 Å². The first-order chi connectivity index (χ1) is 9.63. The lowest BCUT2D eigenvalue weighted by atomic mass is 10.2. The summed E-state index contributed by atoms with van der Waals surface area (Å²) in [5.41, 5.74) is 6.25. The Balaban J connectivity index is 2.23. The second kappa shape index (κ2) is 6.10. The van der Waals surface area contributed by atoms with E-state index in [0.29, 0.717) is 13.1 Å². The van der Waals surface area contributed by atoms with Gasteiger partial charge in [-0.3, -0.25) is 9.78 Å². The third-order valence-corrected chi connectivity index (χ3v) is 2.94. The van der Waals surface area contributed by atoms with Gasteiger partial charge in [-0.05, 0) is 30.7 Å². The number of hydrogen-bond donors (Lipinski definition) is 1. The highest BCUT2D eigenvalue weighted by Gasteiger charge is 2.20. The molecule has 2 aromatic rings. The van der Waals surface area contributed by atoms with E-state index >= 15 is 0 Å². The molecule has 0 aliphatic carbocycles. The molecule has 20 heavy (non-hydrogen) atoms. The lowest BCUT2D eigenvalue weighted by Crippen LogP contribution is -2.31. The molecule has 1 amide bonds. The van der Waals surface area contributed by atoms with Crippen molar-refractivity contribution < 1.29 is 9.18 Å². The number of anilines is 1. The second-order valence-corrected chi connectivity index (χ2v) is 4.23. The highest BCUT2D eigenvalue weighted by molar-refractivity contribution is 5.95. The maximum atomic E-state index is 13.8. The zero-order valence-electron chi connectivity index (χ0n) is 11.1. The van der Waals surface area contributed by atoms with Gasteiger partial charge in [-0.1, -0.05) is 0 Å². The van der Waals surface area contributed by atoms with E-state index in [4.69, 9.17) is 5.73 Å². The Bertz CT molecular complexity index is 603. The number of hydrogen-bond acceptors (Lipinski definition) is 4. The third-order valence-electron chi connectivity index (χ3n) is 2.94. The number of amides is 1. The lowest BCUT2D eigenvalue weighted by molar-refractivity contribution is 0.0748. The van der Waals surface area contributed by atoms with Crippen LogP contribution < -0.4 is 5.73 Å². The number of pyridine rings is 2. The van der Waals surface area contributed by atoms with E-state index in [1.807, 2.05) is 19.1 Å². The number of nitrogen functional groups attached to an aromatic ring is 1. The Morgan fingerprint density at radius 1 is 1.30 bits per heavy atom. The molecule has 0 fully saturated rings.